The SMILES string of the molecule is C#CC(=O)NC(C)/C(N)=C1/C(=Nc2ccccc2)N(CC)C(=O)C(NC(=O)c2cccc(C(F)(F)F)c2)C1c1ccc(F)cc1. The number of alkyl halides is 3. The highest BCUT2D eigenvalue weighted by Crippen LogP contribution is 2.38. The number of nitrogens with one attached hydrogen (secondary N) is 2. The van der Waals surface area contributed by atoms with E-state index in [1.807, 2.05) is 5.92 Å². The number of nitrogens with two attached hydrogens (primary N) is 1. The Labute approximate surface area is 257 Å². The largest absolute Gasteiger partial charge is 0.416 e. The van der Waals surface area contributed by atoms with Gasteiger partial charge in [-0.3, -0.25) is 19.3 Å². The monoisotopic (exact) mass is 619 g/mol. The van der Waals surface area contributed by atoms with Gasteiger partial charge in [0.1, 0.15) is 17.7 Å². The lowest BCUT2D eigenvalue weighted by molar-refractivity contribution is -0.137. The van der Waals surface area contributed by atoms with Gasteiger partial charge in [-0.2, -0.15) is 13.2 Å². The molecule has 1 saturated heterocycles. The van der Waals surface area contributed by atoms with E-state index < -0.39 is 53.3 Å². The maximum atomic E-state index is 14.2. The Bertz CT molecular complexity index is 1700. The lowest BCUT2D eigenvalue weighted by Crippen LogP contribution is -2.59. The molecule has 0 radical (unpaired) electrons. The average Bonchev–Trinajstić information content (AvgIpc) is 3.02. The third-order valence-electron chi connectivity index (χ3n) is 7.20. The number of likely N-dealkylation sites (N-methyl/N-ethyl adjacent to an activating group) is 1. The summed E-state index contributed by atoms with van der Waals surface area (Å²) in [7, 11) is 0. The molecule has 0 bridgehead atoms. The van der Waals surface area contributed by atoms with Gasteiger partial charge in [0.25, 0.3) is 17.7 Å². The van der Waals surface area contributed by atoms with Crippen LogP contribution in [-0.2, 0) is 15.8 Å². The van der Waals surface area contributed by atoms with Gasteiger partial charge in [-0.15, -0.1) is 6.42 Å². The summed E-state index contributed by atoms with van der Waals surface area (Å²) in [6, 6.07) is 15.2. The number of aliphatic imine (C=N–C) groups is 1. The first-order valence-corrected chi connectivity index (χ1v) is 13.8. The van der Waals surface area contributed by atoms with Crippen molar-refractivity contribution in [2.24, 2.45) is 10.7 Å². The van der Waals surface area contributed by atoms with E-state index in [9.17, 15) is 31.9 Å². The van der Waals surface area contributed by atoms with Crippen LogP contribution in [0.1, 0.15) is 41.3 Å². The van der Waals surface area contributed by atoms with E-state index >= 15 is 0 Å². The van der Waals surface area contributed by atoms with Gasteiger partial charge in [0.15, 0.2) is 0 Å². The van der Waals surface area contributed by atoms with Crippen LogP contribution in [0.2, 0.25) is 0 Å². The molecule has 4 rings (SSSR count). The summed E-state index contributed by atoms with van der Waals surface area (Å²) < 4.78 is 54.3. The number of nitrogens with zero attached hydrogens (tertiary/aromatic N) is 2. The third kappa shape index (κ3) is 7.21. The molecule has 1 heterocycles. The Kier molecular flexibility index (Phi) is 9.72. The van der Waals surface area contributed by atoms with Crippen molar-refractivity contribution in [3.63, 3.8) is 0 Å². The number of terminal acetylenes is 1. The lowest BCUT2D eigenvalue weighted by Gasteiger charge is -2.42. The summed E-state index contributed by atoms with van der Waals surface area (Å²) in [5.41, 5.74) is 6.35. The zero-order valence-electron chi connectivity index (χ0n) is 24.2. The molecular formula is C33H29F4N5O3. The topological polar surface area (TPSA) is 117 Å². The van der Waals surface area contributed by atoms with Crippen LogP contribution in [-0.4, -0.2) is 47.1 Å². The van der Waals surface area contributed by atoms with E-state index in [0.29, 0.717) is 17.3 Å². The van der Waals surface area contributed by atoms with Crippen LogP contribution < -0.4 is 16.4 Å². The van der Waals surface area contributed by atoms with Crippen LogP contribution in [0.3, 0.4) is 0 Å². The minimum absolute atomic E-state index is 0.0341. The third-order valence-corrected chi connectivity index (χ3v) is 7.20. The summed E-state index contributed by atoms with van der Waals surface area (Å²) >= 11 is 0. The minimum atomic E-state index is -4.71. The van der Waals surface area contributed by atoms with E-state index in [1.54, 1.807) is 44.2 Å². The first-order valence-electron chi connectivity index (χ1n) is 13.8. The molecule has 3 aromatic rings. The van der Waals surface area contributed by atoms with Gasteiger partial charge < -0.3 is 16.4 Å². The second-order valence-corrected chi connectivity index (χ2v) is 10.1. The van der Waals surface area contributed by atoms with Crippen LogP contribution in [0, 0.1) is 18.2 Å². The van der Waals surface area contributed by atoms with Gasteiger partial charge in [0.05, 0.1) is 17.3 Å². The Balaban J connectivity index is 1.96. The fraction of sp³-hybridized carbons (Fsp3) is 0.212. The molecule has 4 N–H and O–H groups in total. The summed E-state index contributed by atoms with van der Waals surface area (Å²) in [6.45, 7) is 3.28. The predicted molar refractivity (Wildman–Crippen MR) is 160 cm³/mol. The highest BCUT2D eigenvalue weighted by Gasteiger charge is 2.46. The van der Waals surface area contributed by atoms with Gasteiger partial charge in [-0.25, -0.2) is 9.38 Å². The maximum Gasteiger partial charge on any atom is 0.416 e. The number of carbonyl (C=O) groups is 3. The zero-order chi connectivity index (χ0) is 32.9. The van der Waals surface area contributed by atoms with Gasteiger partial charge in [-0.1, -0.05) is 36.4 Å². The lowest BCUT2D eigenvalue weighted by atomic mass is 9.78. The zero-order valence-corrected chi connectivity index (χ0v) is 24.2. The van der Waals surface area contributed by atoms with Crippen molar-refractivity contribution in [2.75, 3.05) is 6.54 Å². The van der Waals surface area contributed by atoms with Gasteiger partial charge >= 0.3 is 6.18 Å². The number of carbonyl (C=O) groups excluding carboxylic acids is 3. The number of piperidine rings is 1. The molecule has 3 amide bonds. The van der Waals surface area contributed by atoms with Crippen LogP contribution in [0.15, 0.2) is 95.1 Å². The molecule has 3 aromatic carbocycles. The van der Waals surface area contributed by atoms with Crippen LogP contribution in [0.4, 0.5) is 23.2 Å². The molecule has 8 nitrogen and oxygen atoms in total. The van der Waals surface area contributed by atoms with Crippen molar-refractivity contribution < 1.29 is 31.9 Å². The Morgan fingerprint density at radius 2 is 1.73 bits per heavy atom. The summed E-state index contributed by atoms with van der Waals surface area (Å²) in [6.07, 6.45) is 0.534. The standard InChI is InChI=1S/C33H29F4N5O3/c1-4-25(43)39-19(3)28(38)27-26(20-14-16-23(34)17-15-20)29(41-31(44)21-10-9-11-22(18-21)33(35,36)37)32(45)42(5-2)30(27)40-24-12-7-6-8-13-24/h1,6-19,26,29H,5,38H2,2-3H3,(H,39,43)(H,41,44)/b28-27-,40-30?. The summed E-state index contributed by atoms with van der Waals surface area (Å²) in [4.78, 5) is 45.8. The quantitative estimate of drug-likeness (QED) is 0.263. The molecule has 0 aliphatic carbocycles. The van der Waals surface area contributed by atoms with Crippen molar-refractivity contribution in [1.82, 2.24) is 15.5 Å². The van der Waals surface area contributed by atoms with E-state index in [-0.39, 0.29) is 29.2 Å². The number of amidine groups is 1. The smallest absolute Gasteiger partial charge is 0.400 e. The average molecular weight is 620 g/mol. The molecule has 232 valence electrons. The number of likely N-dealkylation sites (tertiary alicyclic amines) is 1. The fourth-order valence-electron chi connectivity index (χ4n) is 5.01. The Morgan fingerprint density at radius 1 is 1.07 bits per heavy atom. The molecule has 0 spiro atoms. The number of benzene rings is 3. The van der Waals surface area contributed by atoms with E-state index in [2.05, 4.69) is 10.6 Å². The second kappa shape index (κ2) is 13.5. The predicted octanol–water partition coefficient (Wildman–Crippen LogP) is 4.67. The molecule has 3 unspecified atom stereocenters. The van der Waals surface area contributed by atoms with Crippen molar-refractivity contribution in [3.05, 3.63) is 113 Å². The maximum absolute atomic E-state index is 14.2. The number of hydrogen-bond acceptors (Lipinski definition) is 5. The first-order chi connectivity index (χ1) is 21.3. The molecule has 0 aromatic heterocycles. The molecule has 45 heavy (non-hydrogen) atoms. The number of rotatable bonds is 7. The molecule has 1 fully saturated rings. The van der Waals surface area contributed by atoms with Crippen molar-refractivity contribution >= 4 is 29.2 Å². The first kappa shape index (κ1) is 32.5. The van der Waals surface area contributed by atoms with Crippen molar-refractivity contribution in [3.8, 4) is 12.3 Å². The summed E-state index contributed by atoms with van der Waals surface area (Å²) in [5.74, 6) is -2.01. The van der Waals surface area contributed by atoms with Crippen molar-refractivity contribution in [2.45, 2.75) is 38.0 Å². The normalized spacial score (nSPS) is 19.4. The van der Waals surface area contributed by atoms with Crippen LogP contribution in [0.5, 0.6) is 0 Å². The van der Waals surface area contributed by atoms with E-state index in [1.165, 1.54) is 23.1 Å². The molecule has 12 heteroatoms. The van der Waals surface area contributed by atoms with Gasteiger partial charge in [0, 0.05) is 29.3 Å². The molecule has 3 atom stereocenters. The fourth-order valence-corrected chi connectivity index (χ4v) is 5.01. The van der Waals surface area contributed by atoms with Crippen molar-refractivity contribution in [1.29, 1.82) is 0 Å². The highest BCUT2D eigenvalue weighted by atomic mass is 19.4. The van der Waals surface area contributed by atoms with Gasteiger partial charge in [0.2, 0.25) is 0 Å². The van der Waals surface area contributed by atoms with Gasteiger partial charge in [-0.05, 0) is 67.8 Å². The Hall–Kier alpha value is -5.44. The minimum Gasteiger partial charge on any atom is -0.400 e. The molecule has 1 aliphatic heterocycles. The van der Waals surface area contributed by atoms with Crippen LogP contribution in [0.25, 0.3) is 0 Å². The molecule has 0 saturated carbocycles. The number of halogens is 4. The van der Waals surface area contributed by atoms with Crippen LogP contribution >= 0.6 is 0 Å². The van der Waals surface area contributed by atoms with E-state index in [4.69, 9.17) is 17.1 Å². The Morgan fingerprint density at radius 3 is 2.33 bits per heavy atom. The number of para-hydroxylation sites is 1. The number of hydrogen-bond donors (Lipinski definition) is 3. The highest BCUT2D eigenvalue weighted by molar-refractivity contribution is 6.16. The van der Waals surface area contributed by atoms with E-state index in [0.717, 1.165) is 24.3 Å². The molecular weight excluding hydrogens is 590 g/mol. The molecule has 1 aliphatic rings. The second-order valence-electron chi connectivity index (χ2n) is 10.1. The number of amides is 3. The summed E-state index contributed by atoms with van der Waals surface area (Å²) in [5, 5.41) is 5.16.